The van der Waals surface area contributed by atoms with Crippen LogP contribution >= 0.6 is 28.6 Å². The van der Waals surface area contributed by atoms with E-state index < -0.39 is 0 Å². The Morgan fingerprint density at radius 3 is 2.68 bits per heavy atom. The lowest BCUT2D eigenvalue weighted by atomic mass is 10.2. The lowest BCUT2D eigenvalue weighted by molar-refractivity contribution is 0.102. The van der Waals surface area contributed by atoms with Gasteiger partial charge in [0.15, 0.2) is 0 Å². The van der Waals surface area contributed by atoms with Crippen LogP contribution in [0, 0.1) is 12.7 Å². The average Bonchev–Trinajstić information content (AvgIpc) is 2.30. The van der Waals surface area contributed by atoms with E-state index in [-0.39, 0.29) is 11.7 Å². The lowest BCUT2D eigenvalue weighted by Crippen LogP contribution is -2.13. The van der Waals surface area contributed by atoms with Crippen molar-refractivity contribution in [1.29, 1.82) is 0 Å². The maximum atomic E-state index is 13.3. The molecule has 0 aliphatic carbocycles. The zero-order valence-electron chi connectivity index (χ0n) is 10.1. The van der Waals surface area contributed by atoms with Crippen LogP contribution in [-0.2, 0) is 0 Å². The van der Waals surface area contributed by atoms with Gasteiger partial charge in [-0.1, -0.05) is 0 Å². The third-order valence-electron chi connectivity index (χ3n) is 2.49. The van der Waals surface area contributed by atoms with E-state index in [0.717, 1.165) is 5.56 Å². The lowest BCUT2D eigenvalue weighted by Gasteiger charge is -2.08. The number of thiol groups is 1. The fourth-order valence-corrected chi connectivity index (χ4v) is 2.32. The zero-order chi connectivity index (χ0) is 14.0. The van der Waals surface area contributed by atoms with Gasteiger partial charge in [-0.2, -0.15) is 0 Å². The minimum atomic E-state index is -0.377. The number of rotatable bonds is 2. The summed E-state index contributed by atoms with van der Waals surface area (Å²) in [5, 5.41) is 2.67. The summed E-state index contributed by atoms with van der Waals surface area (Å²) in [5.74, 6) is -0.690. The van der Waals surface area contributed by atoms with Crippen molar-refractivity contribution >= 4 is 40.2 Å². The maximum absolute atomic E-state index is 13.3. The second-order valence-corrected chi connectivity index (χ2v) is 5.51. The van der Waals surface area contributed by atoms with Crippen molar-refractivity contribution < 1.29 is 9.18 Å². The summed E-state index contributed by atoms with van der Waals surface area (Å²) < 4.78 is 13.9. The summed E-state index contributed by atoms with van der Waals surface area (Å²) >= 11 is 7.50. The molecular weight excluding hydrogens is 329 g/mol. The van der Waals surface area contributed by atoms with Crippen LogP contribution in [0.1, 0.15) is 15.9 Å². The van der Waals surface area contributed by atoms with Crippen LogP contribution in [0.3, 0.4) is 0 Å². The van der Waals surface area contributed by atoms with E-state index in [4.69, 9.17) is 0 Å². The third-order valence-corrected chi connectivity index (χ3v) is 3.46. The number of amides is 1. The monoisotopic (exact) mass is 339 g/mol. The van der Waals surface area contributed by atoms with Crippen molar-refractivity contribution in [2.45, 2.75) is 11.8 Å². The Hall–Kier alpha value is -1.33. The zero-order valence-corrected chi connectivity index (χ0v) is 12.6. The van der Waals surface area contributed by atoms with Crippen molar-refractivity contribution in [2.75, 3.05) is 5.32 Å². The first-order valence-electron chi connectivity index (χ1n) is 5.53. The average molecular weight is 340 g/mol. The van der Waals surface area contributed by atoms with E-state index in [9.17, 15) is 9.18 Å². The van der Waals surface area contributed by atoms with Crippen LogP contribution in [0.5, 0.6) is 0 Å². The molecule has 98 valence electrons. The van der Waals surface area contributed by atoms with Crippen molar-refractivity contribution in [1.82, 2.24) is 0 Å². The first-order chi connectivity index (χ1) is 8.95. The summed E-state index contributed by atoms with van der Waals surface area (Å²) in [6.45, 7) is 1.77. The second kappa shape index (κ2) is 5.75. The maximum Gasteiger partial charge on any atom is 0.256 e. The van der Waals surface area contributed by atoms with Gasteiger partial charge < -0.3 is 5.32 Å². The molecule has 0 saturated carbocycles. The highest BCUT2D eigenvalue weighted by molar-refractivity contribution is 9.10. The van der Waals surface area contributed by atoms with Crippen LogP contribution in [0.15, 0.2) is 45.8 Å². The van der Waals surface area contributed by atoms with Gasteiger partial charge >= 0.3 is 0 Å². The van der Waals surface area contributed by atoms with Gasteiger partial charge in [0.05, 0.1) is 5.56 Å². The van der Waals surface area contributed by atoms with E-state index in [0.29, 0.717) is 20.6 Å². The predicted octanol–water partition coefficient (Wildman–Crippen LogP) is 4.44. The molecule has 0 aromatic heterocycles. The normalized spacial score (nSPS) is 10.3. The van der Waals surface area contributed by atoms with Crippen LogP contribution in [0.4, 0.5) is 10.1 Å². The topological polar surface area (TPSA) is 29.1 Å². The van der Waals surface area contributed by atoms with Gasteiger partial charge in [0.1, 0.15) is 5.82 Å². The molecule has 1 amide bonds. The molecule has 0 radical (unpaired) electrons. The Bertz CT molecular complexity index is 625. The Morgan fingerprint density at radius 2 is 2.00 bits per heavy atom. The van der Waals surface area contributed by atoms with Crippen molar-refractivity contribution in [3.05, 3.63) is 57.8 Å². The van der Waals surface area contributed by atoms with Gasteiger partial charge in [-0.3, -0.25) is 4.79 Å². The van der Waals surface area contributed by atoms with Gasteiger partial charge in [-0.05, 0) is 64.8 Å². The van der Waals surface area contributed by atoms with Crippen molar-refractivity contribution in [2.24, 2.45) is 0 Å². The first kappa shape index (κ1) is 14.1. The predicted molar refractivity (Wildman–Crippen MR) is 80.5 cm³/mol. The molecule has 0 atom stereocenters. The highest BCUT2D eigenvalue weighted by Crippen LogP contribution is 2.22. The summed E-state index contributed by atoms with van der Waals surface area (Å²) in [4.78, 5) is 12.8. The molecular formula is C14H11BrFNOS. The quantitative estimate of drug-likeness (QED) is 0.778. The molecule has 0 fully saturated rings. The SMILES string of the molecule is Cc1cc(F)cc(NC(=O)c2cc(S)ccc2Br)c1. The highest BCUT2D eigenvalue weighted by atomic mass is 79.9. The molecule has 2 nitrogen and oxygen atoms in total. The van der Waals surface area contributed by atoms with Crippen LogP contribution in [-0.4, -0.2) is 5.91 Å². The summed E-state index contributed by atoms with van der Waals surface area (Å²) in [5.41, 5.74) is 1.63. The van der Waals surface area contributed by atoms with Gasteiger partial charge in [-0.25, -0.2) is 4.39 Å². The molecule has 0 unspecified atom stereocenters. The van der Waals surface area contributed by atoms with E-state index in [1.54, 1.807) is 31.2 Å². The third kappa shape index (κ3) is 3.58. The van der Waals surface area contributed by atoms with E-state index in [1.165, 1.54) is 12.1 Å². The molecule has 0 saturated heterocycles. The largest absolute Gasteiger partial charge is 0.322 e. The smallest absolute Gasteiger partial charge is 0.256 e. The number of carbonyl (C=O) groups excluding carboxylic acids is 1. The number of halogens is 2. The van der Waals surface area contributed by atoms with E-state index >= 15 is 0 Å². The Kier molecular flexibility index (Phi) is 4.27. The minimum Gasteiger partial charge on any atom is -0.322 e. The van der Waals surface area contributed by atoms with Gasteiger partial charge in [0.25, 0.3) is 5.91 Å². The second-order valence-electron chi connectivity index (χ2n) is 4.14. The van der Waals surface area contributed by atoms with Gasteiger partial charge in [-0.15, -0.1) is 12.6 Å². The summed E-state index contributed by atoms with van der Waals surface area (Å²) in [6, 6.07) is 9.56. The van der Waals surface area contributed by atoms with Gasteiger partial charge in [0, 0.05) is 15.1 Å². The molecule has 0 bridgehead atoms. The summed E-state index contributed by atoms with van der Waals surface area (Å²) in [6.07, 6.45) is 0. The van der Waals surface area contributed by atoms with E-state index in [2.05, 4.69) is 33.9 Å². The molecule has 1 N–H and O–H groups in total. The van der Waals surface area contributed by atoms with Crippen LogP contribution in [0.2, 0.25) is 0 Å². The number of benzene rings is 2. The Labute approximate surface area is 124 Å². The van der Waals surface area contributed by atoms with Crippen molar-refractivity contribution in [3.63, 3.8) is 0 Å². The van der Waals surface area contributed by atoms with Gasteiger partial charge in [0.2, 0.25) is 0 Å². The molecule has 2 aromatic carbocycles. The summed E-state index contributed by atoms with van der Waals surface area (Å²) in [7, 11) is 0. The molecule has 2 aromatic rings. The minimum absolute atomic E-state index is 0.312. The molecule has 2 rings (SSSR count). The number of nitrogens with one attached hydrogen (secondary N) is 1. The first-order valence-corrected chi connectivity index (χ1v) is 6.77. The molecule has 0 spiro atoms. The van der Waals surface area contributed by atoms with Crippen LogP contribution in [0.25, 0.3) is 0 Å². The van der Waals surface area contributed by atoms with Crippen LogP contribution < -0.4 is 5.32 Å². The molecule has 0 aliphatic rings. The highest BCUT2D eigenvalue weighted by Gasteiger charge is 2.11. The number of aryl methyl sites for hydroxylation is 1. The standard InChI is InChI=1S/C14H11BrFNOS/c1-8-4-9(16)6-10(5-8)17-14(18)12-7-11(19)2-3-13(12)15/h2-7,19H,1H3,(H,17,18). The molecule has 5 heteroatoms. The number of carbonyl (C=O) groups is 1. The van der Waals surface area contributed by atoms with Crippen molar-refractivity contribution in [3.8, 4) is 0 Å². The Morgan fingerprint density at radius 1 is 1.26 bits per heavy atom. The number of hydrogen-bond acceptors (Lipinski definition) is 2. The van der Waals surface area contributed by atoms with E-state index in [1.807, 2.05) is 0 Å². The molecule has 0 aliphatic heterocycles. The fourth-order valence-electron chi connectivity index (χ4n) is 1.69. The Balaban J connectivity index is 2.28. The molecule has 19 heavy (non-hydrogen) atoms. The number of anilines is 1. The molecule has 0 heterocycles. The number of hydrogen-bond donors (Lipinski definition) is 2. The fraction of sp³-hybridized carbons (Fsp3) is 0.0714.